The molecule has 20 heavy (non-hydrogen) atoms. The molecule has 0 saturated heterocycles. The van der Waals surface area contributed by atoms with E-state index in [2.05, 4.69) is 0 Å². The second kappa shape index (κ2) is 7.46. The van der Waals surface area contributed by atoms with E-state index in [0.29, 0.717) is 19.4 Å². The molecule has 0 saturated carbocycles. The molecule has 0 bridgehead atoms. The predicted molar refractivity (Wildman–Crippen MR) is 78.1 cm³/mol. The van der Waals surface area contributed by atoms with E-state index < -0.39 is 0 Å². The highest BCUT2D eigenvalue weighted by Crippen LogP contribution is 2.13. The molecule has 0 unspecified atom stereocenters. The highest BCUT2D eigenvalue weighted by atomic mass is 16.5. The topological polar surface area (TPSA) is 46.5 Å². The number of Topliss-reactive ketones (excluding diaryl/α,β-unsaturated/α-hetero) is 1. The average molecular weight is 270 g/mol. The molecule has 0 radical (unpaired) electrons. The lowest BCUT2D eigenvalue weighted by molar-refractivity contribution is 0.0962. The molecule has 0 amide bonds. The Morgan fingerprint density at radius 3 is 2.35 bits per heavy atom. The molecule has 1 N–H and O–H groups in total. The van der Waals surface area contributed by atoms with Gasteiger partial charge in [0.05, 0.1) is 6.61 Å². The number of carbonyl (C=O) groups excluding carboxylic acids is 1. The van der Waals surface area contributed by atoms with Gasteiger partial charge in [0, 0.05) is 18.6 Å². The predicted octanol–water partition coefficient (Wildman–Crippen LogP) is 2.87. The van der Waals surface area contributed by atoms with Crippen LogP contribution in [0.1, 0.15) is 22.3 Å². The lowest BCUT2D eigenvalue weighted by Gasteiger charge is -2.06. The first-order valence-electron chi connectivity index (χ1n) is 6.70. The molecule has 2 rings (SSSR count). The molecule has 0 aliphatic heterocycles. The number of aliphatic hydroxyl groups excluding tert-OH is 1. The Morgan fingerprint density at radius 1 is 1.00 bits per heavy atom. The van der Waals surface area contributed by atoms with Crippen molar-refractivity contribution in [3.05, 3.63) is 65.7 Å². The van der Waals surface area contributed by atoms with Gasteiger partial charge in [-0.15, -0.1) is 0 Å². The minimum atomic E-state index is 0.0856. The van der Waals surface area contributed by atoms with Crippen LogP contribution in [0.5, 0.6) is 5.75 Å². The summed E-state index contributed by atoms with van der Waals surface area (Å²) in [7, 11) is 0. The summed E-state index contributed by atoms with van der Waals surface area (Å²) in [4.78, 5) is 11.9. The van der Waals surface area contributed by atoms with Crippen LogP contribution in [0, 0.1) is 0 Å². The van der Waals surface area contributed by atoms with Gasteiger partial charge in [-0.05, 0) is 24.1 Å². The van der Waals surface area contributed by atoms with Gasteiger partial charge in [0.15, 0.2) is 5.78 Å². The van der Waals surface area contributed by atoms with E-state index in [0.717, 1.165) is 16.9 Å². The van der Waals surface area contributed by atoms with Crippen molar-refractivity contribution in [2.24, 2.45) is 0 Å². The summed E-state index contributed by atoms with van der Waals surface area (Å²) in [6.07, 6.45) is 1.01. The molecule has 2 aromatic rings. The third-order valence-electron chi connectivity index (χ3n) is 3.02. The number of ketones is 1. The SMILES string of the molecule is O=C(CCOc1ccc(CCO)cc1)c1ccccc1. The summed E-state index contributed by atoms with van der Waals surface area (Å²) < 4.78 is 5.55. The Balaban J connectivity index is 1.79. The molecule has 0 fully saturated rings. The number of hydrogen-bond donors (Lipinski definition) is 1. The van der Waals surface area contributed by atoms with Crippen LogP contribution in [-0.2, 0) is 6.42 Å². The van der Waals surface area contributed by atoms with Crippen LogP contribution < -0.4 is 4.74 Å². The molecule has 0 aliphatic carbocycles. The molecule has 3 nitrogen and oxygen atoms in total. The minimum absolute atomic E-state index is 0.0856. The van der Waals surface area contributed by atoms with Crippen molar-refractivity contribution < 1.29 is 14.6 Å². The van der Waals surface area contributed by atoms with Gasteiger partial charge >= 0.3 is 0 Å². The van der Waals surface area contributed by atoms with Gasteiger partial charge in [0.2, 0.25) is 0 Å². The Hall–Kier alpha value is -2.13. The molecule has 0 aromatic heterocycles. The lowest BCUT2D eigenvalue weighted by atomic mass is 10.1. The summed E-state index contributed by atoms with van der Waals surface area (Å²) in [6.45, 7) is 0.513. The molecule has 3 heteroatoms. The second-order valence-electron chi connectivity index (χ2n) is 4.51. The fourth-order valence-corrected chi connectivity index (χ4v) is 1.91. The maximum Gasteiger partial charge on any atom is 0.166 e. The lowest BCUT2D eigenvalue weighted by Crippen LogP contribution is -2.06. The van der Waals surface area contributed by atoms with Crippen LogP contribution >= 0.6 is 0 Å². The van der Waals surface area contributed by atoms with E-state index in [9.17, 15) is 4.79 Å². The number of aliphatic hydroxyl groups is 1. The summed E-state index contributed by atoms with van der Waals surface area (Å²) in [5.74, 6) is 0.829. The van der Waals surface area contributed by atoms with Gasteiger partial charge in [-0.2, -0.15) is 0 Å². The molecule has 0 atom stereocenters. The standard InChI is InChI=1S/C17H18O3/c18-12-10-14-6-8-16(9-7-14)20-13-11-17(19)15-4-2-1-3-5-15/h1-9,18H,10-13H2. The van der Waals surface area contributed by atoms with Gasteiger partial charge < -0.3 is 9.84 Å². The highest BCUT2D eigenvalue weighted by molar-refractivity contribution is 5.96. The first-order chi connectivity index (χ1) is 9.79. The van der Waals surface area contributed by atoms with Gasteiger partial charge in [-0.3, -0.25) is 4.79 Å². The number of benzene rings is 2. The molecule has 0 aliphatic rings. The van der Waals surface area contributed by atoms with E-state index in [-0.39, 0.29) is 12.4 Å². The summed E-state index contributed by atoms with van der Waals surface area (Å²) in [6, 6.07) is 16.8. The van der Waals surface area contributed by atoms with Crippen LogP contribution in [0.2, 0.25) is 0 Å². The number of hydrogen-bond acceptors (Lipinski definition) is 3. The van der Waals surface area contributed by atoms with Crippen LogP contribution in [0.4, 0.5) is 0 Å². The monoisotopic (exact) mass is 270 g/mol. The molecule has 0 spiro atoms. The highest BCUT2D eigenvalue weighted by Gasteiger charge is 2.05. The van der Waals surface area contributed by atoms with Crippen molar-refractivity contribution in [3.63, 3.8) is 0 Å². The first kappa shape index (κ1) is 14.3. The van der Waals surface area contributed by atoms with E-state index in [1.807, 2.05) is 54.6 Å². The number of ether oxygens (including phenoxy) is 1. The smallest absolute Gasteiger partial charge is 0.166 e. The third kappa shape index (κ3) is 4.21. The maximum absolute atomic E-state index is 11.9. The normalized spacial score (nSPS) is 10.2. The quantitative estimate of drug-likeness (QED) is 0.787. The third-order valence-corrected chi connectivity index (χ3v) is 3.02. The summed E-state index contributed by atoms with van der Waals surface area (Å²) >= 11 is 0. The van der Waals surface area contributed by atoms with Crippen molar-refractivity contribution >= 4 is 5.78 Å². The van der Waals surface area contributed by atoms with Crippen molar-refractivity contribution in [2.75, 3.05) is 13.2 Å². The van der Waals surface area contributed by atoms with Gasteiger partial charge in [-0.1, -0.05) is 42.5 Å². The largest absolute Gasteiger partial charge is 0.493 e. The van der Waals surface area contributed by atoms with Crippen molar-refractivity contribution in [1.82, 2.24) is 0 Å². The molecule has 2 aromatic carbocycles. The van der Waals surface area contributed by atoms with E-state index in [4.69, 9.17) is 9.84 Å². The first-order valence-corrected chi connectivity index (χ1v) is 6.70. The van der Waals surface area contributed by atoms with Crippen LogP contribution in [0.3, 0.4) is 0 Å². The van der Waals surface area contributed by atoms with Crippen LogP contribution in [0.25, 0.3) is 0 Å². The van der Waals surface area contributed by atoms with Gasteiger partial charge in [0.1, 0.15) is 5.75 Å². The zero-order valence-corrected chi connectivity index (χ0v) is 11.3. The fourth-order valence-electron chi connectivity index (χ4n) is 1.91. The number of rotatable bonds is 7. The summed E-state index contributed by atoms with van der Waals surface area (Å²) in [5, 5.41) is 8.83. The van der Waals surface area contributed by atoms with Crippen molar-refractivity contribution in [3.8, 4) is 5.75 Å². The van der Waals surface area contributed by atoms with Crippen molar-refractivity contribution in [2.45, 2.75) is 12.8 Å². The molecule has 0 heterocycles. The molecule has 104 valence electrons. The van der Waals surface area contributed by atoms with E-state index in [1.54, 1.807) is 0 Å². The Labute approximate surface area is 118 Å². The van der Waals surface area contributed by atoms with Crippen LogP contribution in [0.15, 0.2) is 54.6 Å². The fraction of sp³-hybridized carbons (Fsp3) is 0.235. The second-order valence-corrected chi connectivity index (χ2v) is 4.51. The zero-order chi connectivity index (χ0) is 14.2. The summed E-state index contributed by atoms with van der Waals surface area (Å²) in [5.41, 5.74) is 1.79. The minimum Gasteiger partial charge on any atom is -0.493 e. The van der Waals surface area contributed by atoms with E-state index >= 15 is 0 Å². The van der Waals surface area contributed by atoms with Gasteiger partial charge in [0.25, 0.3) is 0 Å². The Bertz CT molecular complexity index is 532. The van der Waals surface area contributed by atoms with Crippen LogP contribution in [-0.4, -0.2) is 24.1 Å². The maximum atomic E-state index is 11.9. The zero-order valence-electron chi connectivity index (χ0n) is 11.3. The molecular weight excluding hydrogens is 252 g/mol. The average Bonchev–Trinajstić information content (AvgIpc) is 2.50. The molecular formula is C17H18O3. The van der Waals surface area contributed by atoms with Gasteiger partial charge in [-0.25, -0.2) is 0 Å². The Kier molecular flexibility index (Phi) is 5.33. The van der Waals surface area contributed by atoms with Crippen molar-refractivity contribution in [1.29, 1.82) is 0 Å². The number of carbonyl (C=O) groups is 1. The van der Waals surface area contributed by atoms with E-state index in [1.165, 1.54) is 0 Å². The Morgan fingerprint density at radius 2 is 1.70 bits per heavy atom.